The molecule has 0 aliphatic carbocycles. The van der Waals surface area contributed by atoms with Crippen molar-refractivity contribution in [3.05, 3.63) is 54.4 Å². The zero-order chi connectivity index (χ0) is 20.5. The molecule has 2 aromatic rings. The van der Waals surface area contributed by atoms with E-state index in [1.807, 2.05) is 0 Å². The molecule has 2 heterocycles. The van der Waals surface area contributed by atoms with Gasteiger partial charge in [-0.2, -0.15) is 27.1 Å². The number of aromatic nitrogens is 2. The van der Waals surface area contributed by atoms with Gasteiger partial charge in [0.15, 0.2) is 0 Å². The molecule has 10 heteroatoms. The van der Waals surface area contributed by atoms with Gasteiger partial charge in [0.2, 0.25) is 5.91 Å². The Labute approximate surface area is 157 Å². The molecule has 1 N–H and O–H groups in total. The fourth-order valence-corrected chi connectivity index (χ4v) is 3.11. The highest BCUT2D eigenvalue weighted by Gasteiger charge is 2.32. The van der Waals surface area contributed by atoms with Crippen molar-refractivity contribution in [2.24, 2.45) is 5.92 Å². The predicted octanol–water partition coefficient (Wildman–Crippen LogP) is 3.91. The standard InChI is InChI=1S/C18H17F5N4O/c1-2-16(28)24-8-11-7-14-15(10-27(25-14)17(19)20)26(9-11)13-5-3-12(4-6-13)18(21,22)23/h2-6,10-11,17H,1,7-9H2,(H,24,28)/t11-/m1/s1. The molecule has 0 radical (unpaired) electrons. The quantitative estimate of drug-likeness (QED) is 0.612. The van der Waals surface area contributed by atoms with Crippen LogP contribution in [0.5, 0.6) is 0 Å². The zero-order valence-corrected chi connectivity index (χ0v) is 14.6. The summed E-state index contributed by atoms with van der Waals surface area (Å²) in [6, 6.07) is 4.46. The van der Waals surface area contributed by atoms with Gasteiger partial charge in [-0.25, -0.2) is 4.68 Å². The minimum Gasteiger partial charge on any atom is -0.352 e. The Bertz CT molecular complexity index is 860. The third-order valence-electron chi connectivity index (χ3n) is 4.46. The molecule has 1 aliphatic rings. The van der Waals surface area contributed by atoms with Crippen molar-refractivity contribution >= 4 is 17.3 Å². The van der Waals surface area contributed by atoms with E-state index in [-0.39, 0.29) is 18.4 Å². The summed E-state index contributed by atoms with van der Waals surface area (Å²) >= 11 is 0. The number of halogens is 5. The molecule has 3 rings (SSSR count). The van der Waals surface area contributed by atoms with Crippen molar-refractivity contribution in [3.63, 3.8) is 0 Å². The fourth-order valence-electron chi connectivity index (χ4n) is 3.11. The smallest absolute Gasteiger partial charge is 0.352 e. The van der Waals surface area contributed by atoms with Crippen LogP contribution >= 0.6 is 0 Å². The monoisotopic (exact) mass is 400 g/mol. The molecule has 0 fully saturated rings. The molecule has 0 saturated carbocycles. The predicted molar refractivity (Wildman–Crippen MR) is 92.3 cm³/mol. The van der Waals surface area contributed by atoms with Gasteiger partial charge in [-0.1, -0.05) is 6.58 Å². The summed E-state index contributed by atoms with van der Waals surface area (Å²) in [5.74, 6) is -0.537. The van der Waals surface area contributed by atoms with Crippen LogP contribution in [0.2, 0.25) is 0 Å². The molecule has 0 spiro atoms. The normalized spacial score (nSPS) is 16.8. The molecule has 1 atom stereocenters. The number of hydrogen-bond acceptors (Lipinski definition) is 3. The highest BCUT2D eigenvalue weighted by molar-refractivity contribution is 5.86. The molecular formula is C18H17F5N4O. The Morgan fingerprint density at radius 3 is 2.57 bits per heavy atom. The first-order chi connectivity index (χ1) is 13.2. The number of fused-ring (bicyclic) bond motifs is 1. The van der Waals surface area contributed by atoms with Gasteiger partial charge in [0.25, 0.3) is 0 Å². The van der Waals surface area contributed by atoms with Gasteiger partial charge < -0.3 is 10.2 Å². The van der Waals surface area contributed by atoms with Crippen LogP contribution < -0.4 is 10.2 Å². The Hall–Kier alpha value is -2.91. The molecular weight excluding hydrogens is 383 g/mol. The Kier molecular flexibility index (Phi) is 5.39. The van der Waals surface area contributed by atoms with Crippen molar-refractivity contribution in [2.75, 3.05) is 18.0 Å². The van der Waals surface area contributed by atoms with E-state index in [2.05, 4.69) is 17.0 Å². The third kappa shape index (κ3) is 4.15. The largest absolute Gasteiger partial charge is 0.416 e. The summed E-state index contributed by atoms with van der Waals surface area (Å²) in [6.07, 6.45) is -1.82. The van der Waals surface area contributed by atoms with Crippen molar-refractivity contribution in [1.82, 2.24) is 15.1 Å². The van der Waals surface area contributed by atoms with Crippen molar-refractivity contribution in [3.8, 4) is 0 Å². The van der Waals surface area contributed by atoms with Crippen molar-refractivity contribution in [2.45, 2.75) is 19.1 Å². The molecule has 1 amide bonds. The Morgan fingerprint density at radius 1 is 1.32 bits per heavy atom. The van der Waals surface area contributed by atoms with E-state index in [0.717, 1.165) is 18.2 Å². The number of anilines is 2. The molecule has 0 bridgehead atoms. The number of alkyl halides is 5. The number of hydrogen-bond donors (Lipinski definition) is 1. The van der Waals surface area contributed by atoms with Crippen molar-refractivity contribution in [1.29, 1.82) is 0 Å². The van der Waals surface area contributed by atoms with Crippen LogP contribution in [0.4, 0.5) is 33.3 Å². The molecule has 1 aromatic carbocycles. The van der Waals surface area contributed by atoms with Crippen LogP contribution in [0.25, 0.3) is 0 Å². The first-order valence-electron chi connectivity index (χ1n) is 8.40. The van der Waals surface area contributed by atoms with Gasteiger partial charge in [-0.05, 0) is 42.7 Å². The summed E-state index contributed by atoms with van der Waals surface area (Å²) in [5.41, 5.74) is 0.421. The minimum absolute atomic E-state index is 0.167. The Morgan fingerprint density at radius 2 is 2.00 bits per heavy atom. The molecule has 0 saturated heterocycles. The number of nitrogens with one attached hydrogen (secondary N) is 1. The topological polar surface area (TPSA) is 50.2 Å². The summed E-state index contributed by atoms with van der Waals surface area (Å²) in [4.78, 5) is 13.0. The first-order valence-corrected chi connectivity index (χ1v) is 8.40. The third-order valence-corrected chi connectivity index (χ3v) is 4.46. The second-order valence-corrected chi connectivity index (χ2v) is 6.39. The maximum atomic E-state index is 13.1. The van der Waals surface area contributed by atoms with Crippen LogP contribution in [0.1, 0.15) is 17.8 Å². The van der Waals surface area contributed by atoms with E-state index >= 15 is 0 Å². The lowest BCUT2D eigenvalue weighted by Gasteiger charge is -2.33. The van der Waals surface area contributed by atoms with Crippen LogP contribution in [0, 0.1) is 5.92 Å². The van der Waals surface area contributed by atoms with Gasteiger partial charge in [-0.15, -0.1) is 0 Å². The number of amides is 1. The molecule has 1 aromatic heterocycles. The van der Waals surface area contributed by atoms with Gasteiger partial charge >= 0.3 is 12.7 Å². The van der Waals surface area contributed by atoms with E-state index in [0.29, 0.717) is 34.7 Å². The molecule has 5 nitrogen and oxygen atoms in total. The van der Waals surface area contributed by atoms with E-state index in [1.165, 1.54) is 18.3 Å². The van der Waals surface area contributed by atoms with Gasteiger partial charge in [0.05, 0.1) is 23.1 Å². The number of nitrogens with zero attached hydrogens (tertiary/aromatic N) is 3. The zero-order valence-electron chi connectivity index (χ0n) is 14.6. The molecule has 0 unspecified atom stereocenters. The second-order valence-electron chi connectivity index (χ2n) is 6.39. The highest BCUT2D eigenvalue weighted by Crippen LogP contribution is 2.37. The summed E-state index contributed by atoms with van der Waals surface area (Å²) < 4.78 is 65.0. The number of rotatable bonds is 5. The highest BCUT2D eigenvalue weighted by atomic mass is 19.4. The molecule has 28 heavy (non-hydrogen) atoms. The number of carbonyl (C=O) groups is 1. The van der Waals surface area contributed by atoms with Crippen molar-refractivity contribution < 1.29 is 26.7 Å². The molecule has 1 aliphatic heterocycles. The second kappa shape index (κ2) is 7.61. The maximum Gasteiger partial charge on any atom is 0.416 e. The maximum absolute atomic E-state index is 13.1. The van der Waals surface area contributed by atoms with Crippen LogP contribution in [-0.2, 0) is 17.4 Å². The molecule has 150 valence electrons. The van der Waals surface area contributed by atoms with Gasteiger partial charge in [0, 0.05) is 18.8 Å². The van der Waals surface area contributed by atoms with E-state index in [4.69, 9.17) is 0 Å². The van der Waals surface area contributed by atoms with Gasteiger partial charge in [0.1, 0.15) is 0 Å². The summed E-state index contributed by atoms with van der Waals surface area (Å²) in [6.45, 7) is 1.10. The first kappa shape index (κ1) is 19.8. The lowest BCUT2D eigenvalue weighted by atomic mass is 9.96. The van der Waals surface area contributed by atoms with E-state index in [9.17, 15) is 26.7 Å². The Balaban J connectivity index is 1.91. The van der Waals surface area contributed by atoms with Crippen LogP contribution in [0.15, 0.2) is 43.1 Å². The summed E-state index contributed by atoms with van der Waals surface area (Å²) in [5, 5.41) is 6.54. The van der Waals surface area contributed by atoms with Crippen LogP contribution in [0.3, 0.4) is 0 Å². The lowest BCUT2D eigenvalue weighted by molar-refractivity contribution is -0.137. The average Bonchev–Trinajstić information content (AvgIpc) is 3.09. The fraction of sp³-hybridized carbons (Fsp3) is 0.333. The SMILES string of the molecule is C=CC(=O)NC[C@H]1Cc2nn(C(F)F)cc2N(c2ccc(C(F)(F)F)cc2)C1. The minimum atomic E-state index is -4.47. The van der Waals surface area contributed by atoms with E-state index in [1.54, 1.807) is 4.90 Å². The van der Waals surface area contributed by atoms with Crippen LogP contribution in [-0.4, -0.2) is 28.8 Å². The summed E-state index contributed by atoms with van der Waals surface area (Å²) in [7, 11) is 0. The van der Waals surface area contributed by atoms with E-state index < -0.39 is 18.3 Å². The number of carbonyl (C=O) groups excluding carboxylic acids is 1. The number of benzene rings is 1. The lowest BCUT2D eigenvalue weighted by Crippen LogP contribution is -2.38. The van der Waals surface area contributed by atoms with Gasteiger partial charge in [-0.3, -0.25) is 4.79 Å². The average molecular weight is 400 g/mol.